The predicted octanol–water partition coefficient (Wildman–Crippen LogP) is 17.5. The summed E-state index contributed by atoms with van der Waals surface area (Å²) in [6, 6.07) is 1.62. The Morgan fingerprint density at radius 3 is 1.11 bits per heavy atom. The molecule has 0 radical (unpaired) electrons. The van der Waals surface area contributed by atoms with Gasteiger partial charge in [0.2, 0.25) is 23.7 Å². The fourth-order valence-corrected chi connectivity index (χ4v) is 16.5. The van der Waals surface area contributed by atoms with Crippen molar-refractivity contribution in [3.05, 3.63) is 124 Å². The maximum absolute atomic E-state index is 14.2. The Morgan fingerprint density at radius 2 is 0.816 bits per heavy atom. The number of aromatic nitrogens is 8. The number of ether oxygens (including phenoxy) is 2. The van der Waals surface area contributed by atoms with Crippen LogP contribution in [0.5, 0.6) is 0 Å². The molecular weight excluding hydrogens is 1580 g/mol. The molecule has 5 aliphatic rings. The number of alkyl halides is 12. The monoisotopic (exact) mass is 1680 g/mol. The molecule has 626 valence electrons. The fraction of sp³-hybridized carbons (Fsp3) is 0.625. The van der Waals surface area contributed by atoms with E-state index in [1.165, 1.54) is 12.4 Å². The number of aryl methyl sites for hydroxylation is 2. The molecule has 20 nitrogen and oxygen atoms in total. The van der Waals surface area contributed by atoms with Crippen LogP contribution in [0.3, 0.4) is 0 Å². The molecular formula is C80H104BBrF12N12O8. The molecule has 2 aliphatic carbocycles. The van der Waals surface area contributed by atoms with Gasteiger partial charge in [-0.05, 0) is 220 Å². The molecule has 3 aliphatic heterocycles. The van der Waals surface area contributed by atoms with E-state index in [9.17, 15) is 71.9 Å². The zero-order chi connectivity index (χ0) is 83.6. The minimum Gasteiger partial charge on any atom is -0.466 e. The second kappa shape index (κ2) is 38.0. The van der Waals surface area contributed by atoms with Crippen molar-refractivity contribution in [2.45, 2.75) is 270 Å². The van der Waals surface area contributed by atoms with Gasteiger partial charge in [-0.15, -0.1) is 0 Å². The first-order valence-corrected chi connectivity index (χ1v) is 40.0. The van der Waals surface area contributed by atoms with Crippen LogP contribution in [-0.4, -0.2) is 141 Å². The summed E-state index contributed by atoms with van der Waals surface area (Å²) in [6.07, 6.45) is 3.81. The minimum atomic E-state index is -4.99. The van der Waals surface area contributed by atoms with Crippen molar-refractivity contribution in [3.63, 3.8) is 0 Å². The number of hydrogen-bond donors (Lipinski definition) is 0. The van der Waals surface area contributed by atoms with Gasteiger partial charge in [-0.1, -0.05) is 27.7 Å². The van der Waals surface area contributed by atoms with Gasteiger partial charge in [0.15, 0.2) is 0 Å². The summed E-state index contributed by atoms with van der Waals surface area (Å²) < 4.78 is 191. The largest absolute Gasteiger partial charge is 0.498 e. The molecule has 0 spiro atoms. The summed E-state index contributed by atoms with van der Waals surface area (Å²) in [5.74, 6) is -0.00334. The number of carbonyl (C=O) groups excluding carboxylic acids is 4. The van der Waals surface area contributed by atoms with Crippen molar-refractivity contribution < 1.29 is 90.6 Å². The second-order valence-electron chi connectivity index (χ2n) is 31.4. The van der Waals surface area contributed by atoms with E-state index >= 15 is 0 Å². The lowest BCUT2D eigenvalue weighted by atomic mass is 9.78. The van der Waals surface area contributed by atoms with E-state index in [2.05, 4.69) is 46.1 Å². The Kier molecular flexibility index (Phi) is 30.0. The number of halogens is 13. The van der Waals surface area contributed by atoms with Gasteiger partial charge in [0.25, 0.3) is 0 Å². The number of nitrogens with zero attached hydrogens (tertiary/aromatic N) is 12. The fourth-order valence-electron chi connectivity index (χ4n) is 16.3. The minimum absolute atomic E-state index is 0.0584. The number of esters is 2. The van der Waals surface area contributed by atoms with Crippen molar-refractivity contribution in [3.8, 4) is 11.1 Å². The first-order valence-electron chi connectivity index (χ1n) is 39.2. The van der Waals surface area contributed by atoms with Crippen LogP contribution in [0.15, 0.2) is 90.4 Å². The number of hydrogen-bond acceptors (Lipinski definition) is 16. The molecule has 0 N–H and O–H groups in total. The van der Waals surface area contributed by atoms with Crippen molar-refractivity contribution in [2.24, 2.45) is 37.8 Å². The Balaban J connectivity index is 0.000000221. The average Bonchev–Trinajstić information content (AvgIpc) is 1.35. The Morgan fingerprint density at radius 1 is 0.482 bits per heavy atom. The van der Waals surface area contributed by atoms with E-state index in [0.717, 1.165) is 61.0 Å². The predicted molar refractivity (Wildman–Crippen MR) is 408 cm³/mol. The molecule has 4 aromatic heterocycles. The number of carbonyl (C=O) groups is 4. The van der Waals surface area contributed by atoms with E-state index in [1.807, 2.05) is 78.4 Å². The Hall–Kier alpha value is -7.88. The van der Waals surface area contributed by atoms with Gasteiger partial charge in [0.1, 0.15) is 0 Å². The molecule has 11 rings (SSSR count). The number of benzene rings is 2. The van der Waals surface area contributed by atoms with Crippen LogP contribution >= 0.6 is 15.9 Å². The van der Waals surface area contributed by atoms with Crippen molar-refractivity contribution in [1.29, 1.82) is 0 Å². The molecule has 2 saturated carbocycles. The average molecular weight is 1680 g/mol. The van der Waals surface area contributed by atoms with Gasteiger partial charge >= 0.3 is 43.8 Å². The highest BCUT2D eigenvalue weighted by molar-refractivity contribution is 9.10. The summed E-state index contributed by atoms with van der Waals surface area (Å²) in [5.41, 5.74) is -4.10. The molecule has 7 heterocycles. The van der Waals surface area contributed by atoms with E-state index in [4.69, 9.17) is 18.8 Å². The highest BCUT2D eigenvalue weighted by Crippen LogP contribution is 2.45. The lowest BCUT2D eigenvalue weighted by Crippen LogP contribution is -2.58. The third-order valence-electron chi connectivity index (χ3n) is 23.0. The Labute approximate surface area is 666 Å². The molecule has 114 heavy (non-hydrogen) atoms. The SMILES string of the molecule is CCOC(=O)CC1CCC(C(=O)N2[C@H](CC)CC(N(Cc3cc(C(F)(F)F)cc(C(F)(F)F)c3)c3ncc(-c4cnn(C)c4)cn3)C[C@@H]2CC)CC1.CCOC(=O)CC1CCC(C(=O)N2[C@H](CC)CC(N(Cc3cc(C(F)(F)F)cc(C(F)(F)F)c3)c3ncc(Br)cn3)C[C@@H]2CC)CC1.Cn1cc(B2OC(C)(C)C(C)(C)O2)cn1. The number of anilines is 2. The molecule has 34 heteroatoms. The lowest BCUT2D eigenvalue weighted by molar-refractivity contribution is -0.147. The second-order valence-corrected chi connectivity index (χ2v) is 32.4. The molecule has 6 atom stereocenters. The van der Waals surface area contributed by atoms with Crippen molar-refractivity contribution in [2.75, 3.05) is 23.0 Å². The summed E-state index contributed by atoms with van der Waals surface area (Å²) in [4.78, 5) is 77.4. The summed E-state index contributed by atoms with van der Waals surface area (Å²) in [7, 11) is 3.34. The smallest absolute Gasteiger partial charge is 0.466 e. The van der Waals surface area contributed by atoms with Crippen LogP contribution in [0.2, 0.25) is 0 Å². The van der Waals surface area contributed by atoms with Gasteiger partial charge in [0, 0.05) is 148 Å². The zero-order valence-corrected chi connectivity index (χ0v) is 68.1. The van der Waals surface area contributed by atoms with Crippen molar-refractivity contribution >= 4 is 64.2 Å². The van der Waals surface area contributed by atoms with Gasteiger partial charge in [-0.3, -0.25) is 28.5 Å². The Bertz CT molecular complexity index is 4060. The number of likely N-dealkylation sites (tertiary alicyclic amines) is 2. The van der Waals surface area contributed by atoms with Gasteiger partial charge < -0.3 is 38.4 Å². The molecule has 5 fully saturated rings. The van der Waals surface area contributed by atoms with Crippen LogP contribution in [-0.2, 0) is 89.9 Å². The summed E-state index contributed by atoms with van der Waals surface area (Å²) in [5, 5.41) is 8.28. The highest BCUT2D eigenvalue weighted by atomic mass is 79.9. The normalized spacial score (nSPS) is 23.2. The van der Waals surface area contributed by atoms with E-state index in [0.29, 0.717) is 113 Å². The van der Waals surface area contributed by atoms with Gasteiger partial charge in [-0.25, -0.2) is 19.9 Å². The molecule has 0 bridgehead atoms. The van der Waals surface area contributed by atoms with Crippen LogP contribution in [0.1, 0.15) is 218 Å². The van der Waals surface area contributed by atoms with Crippen LogP contribution in [0, 0.1) is 23.7 Å². The van der Waals surface area contributed by atoms with Gasteiger partial charge in [0.05, 0.1) is 57.3 Å². The van der Waals surface area contributed by atoms with Crippen LogP contribution in [0.4, 0.5) is 64.6 Å². The molecule has 2 amide bonds. The number of piperidine rings is 2. The topological polar surface area (TPSA) is 205 Å². The zero-order valence-electron chi connectivity index (χ0n) is 66.5. The number of amides is 2. The first kappa shape index (κ1) is 90.0. The maximum Gasteiger partial charge on any atom is 0.498 e. The first-order chi connectivity index (χ1) is 53.6. The standard InChI is InChI=1S/C37H46F6N6O3.C33H41BrF6N4O3.C10H17BN2O2/c1-5-30-16-32(17-31(6-2)49(30)34(51)25-10-8-23(9-11-25)14-33(50)52-7-3)48(35-44-18-26(19-45-35)27-20-46-47(4)22-27)21-24-12-28(36(38,39)40)15-29(13-24)37(41,42)43;1-4-26-15-28(16-27(5-2)44(26)30(46)22-9-7-20(8-10-22)13-29(45)47-6-3)43(31-41-17-25(34)18-42-31)19-21-11-23(32(35,36)37)14-24(12-21)33(38,39)40;1-9(2)10(3,4)15-11(14-9)8-6-12-13(5)7-8/h12-13,15,18-20,22-23,25,30-32H,5-11,14,16-17,21H2,1-4H3;11-12,14,17-18,20,22,26-28H,4-10,13,15-16,19H2,1-3H3;6-7H,1-5H3/t23?,25?,30-,31+,32?;20?,22?,26-,27+,28?;. The van der Waals surface area contributed by atoms with Crippen LogP contribution < -0.4 is 15.3 Å². The van der Waals surface area contributed by atoms with Crippen molar-refractivity contribution in [1.82, 2.24) is 49.3 Å². The van der Waals surface area contributed by atoms with E-state index < -0.39 is 53.0 Å². The summed E-state index contributed by atoms with van der Waals surface area (Å²) in [6.45, 7) is 19.7. The maximum atomic E-state index is 14.2. The third kappa shape index (κ3) is 23.1. The summed E-state index contributed by atoms with van der Waals surface area (Å²) >= 11 is 3.28. The third-order valence-corrected chi connectivity index (χ3v) is 23.4. The molecule has 3 saturated heterocycles. The quantitative estimate of drug-likeness (QED) is 0.0352. The lowest BCUT2D eigenvalue weighted by Gasteiger charge is -2.49. The van der Waals surface area contributed by atoms with E-state index in [1.54, 1.807) is 71.0 Å². The molecule has 2 unspecified atom stereocenters. The molecule has 6 aromatic rings. The number of rotatable bonds is 22. The van der Waals surface area contributed by atoms with Crippen LogP contribution in [0.25, 0.3) is 11.1 Å². The highest BCUT2D eigenvalue weighted by Gasteiger charge is 2.53. The molecule has 2 aromatic carbocycles. The van der Waals surface area contributed by atoms with Gasteiger partial charge in [-0.2, -0.15) is 62.9 Å². The van der Waals surface area contributed by atoms with E-state index in [-0.39, 0.29) is 144 Å².